The average molecular weight is 626 g/mol. The first-order chi connectivity index (χ1) is 21.4. The summed E-state index contributed by atoms with van der Waals surface area (Å²) in [6.07, 6.45) is 3.31. The maximum atomic E-state index is 14.3. The molecule has 0 aromatic heterocycles. The Morgan fingerprint density at radius 3 is 2.53 bits per heavy atom. The number of carbonyl (C=O) groups is 4. The van der Waals surface area contributed by atoms with Crippen LogP contribution in [-0.4, -0.2) is 101 Å². The van der Waals surface area contributed by atoms with Gasteiger partial charge in [-0.15, -0.1) is 13.2 Å². The Balaban J connectivity index is 1.68. The average Bonchev–Trinajstić information content (AvgIpc) is 3.64. The van der Waals surface area contributed by atoms with Gasteiger partial charge in [0.1, 0.15) is 17.7 Å². The number of aliphatic hydroxyl groups excluding tert-OH is 1. The van der Waals surface area contributed by atoms with Crippen molar-refractivity contribution in [1.82, 2.24) is 15.1 Å². The Morgan fingerprint density at radius 2 is 1.93 bits per heavy atom. The standard InChI is InChI=1S/C34H47N3O8/c1-7-9-15-25(39)35-23(21-43-6)28(22-13-11-10-12-14-22)44-32(42)26-24-16-17-34(45-24)27(26)30(40)36(19-20-38)29(34)31(41)37(18-8-2)33(3,4)5/h7-8,10-14,23-24,26-29,38H,1-2,9,15-21H2,3-6H3,(H,35,39)/t23-,24-,26+,27+,28-,29-,34+/m0/s1. The van der Waals surface area contributed by atoms with E-state index in [-0.39, 0.29) is 44.5 Å². The van der Waals surface area contributed by atoms with Gasteiger partial charge in [-0.3, -0.25) is 19.2 Å². The smallest absolute Gasteiger partial charge is 0.313 e. The fraction of sp³-hybridized carbons (Fsp3) is 0.588. The van der Waals surface area contributed by atoms with Crippen LogP contribution in [0.15, 0.2) is 55.6 Å². The van der Waals surface area contributed by atoms with Gasteiger partial charge in [-0.05, 0) is 45.6 Å². The maximum Gasteiger partial charge on any atom is 0.313 e. The SMILES string of the molecule is C=CCCC(=O)N[C@@H](COC)[C@@H](OC(=O)[C@@H]1[C@@H]2CC[C@]3(O2)[C@H](C(=O)N(CC=C)C(C)(C)C)N(CCO)C(=O)[C@@H]13)c1ccccc1. The summed E-state index contributed by atoms with van der Waals surface area (Å²) in [6, 6.07) is 7.32. The lowest BCUT2D eigenvalue weighted by atomic mass is 9.70. The molecule has 0 saturated carbocycles. The normalized spacial score (nSPS) is 26.6. The van der Waals surface area contributed by atoms with Gasteiger partial charge in [-0.1, -0.05) is 42.5 Å². The van der Waals surface area contributed by atoms with Crippen molar-refractivity contribution in [2.75, 3.05) is 33.4 Å². The first-order valence-electron chi connectivity index (χ1n) is 15.6. The second-order valence-electron chi connectivity index (χ2n) is 12.9. The van der Waals surface area contributed by atoms with Gasteiger partial charge in [0.05, 0.1) is 37.2 Å². The van der Waals surface area contributed by atoms with Crippen LogP contribution in [0.1, 0.15) is 58.1 Å². The van der Waals surface area contributed by atoms with Crippen LogP contribution in [0.5, 0.6) is 0 Å². The van der Waals surface area contributed by atoms with Crippen LogP contribution in [0.3, 0.4) is 0 Å². The largest absolute Gasteiger partial charge is 0.455 e. The Labute approximate surface area is 265 Å². The molecule has 45 heavy (non-hydrogen) atoms. The van der Waals surface area contributed by atoms with Crippen LogP contribution in [0, 0.1) is 11.8 Å². The molecule has 246 valence electrons. The van der Waals surface area contributed by atoms with Gasteiger partial charge in [-0.25, -0.2) is 0 Å². The van der Waals surface area contributed by atoms with Gasteiger partial charge in [0, 0.05) is 32.2 Å². The van der Waals surface area contributed by atoms with E-state index < -0.39 is 59.1 Å². The summed E-state index contributed by atoms with van der Waals surface area (Å²) < 4.78 is 18.2. The molecule has 4 rings (SSSR count). The summed E-state index contributed by atoms with van der Waals surface area (Å²) in [7, 11) is 1.50. The van der Waals surface area contributed by atoms with E-state index in [2.05, 4.69) is 18.5 Å². The highest BCUT2D eigenvalue weighted by Crippen LogP contribution is 2.59. The molecule has 3 aliphatic heterocycles. The highest BCUT2D eigenvalue weighted by molar-refractivity contribution is 5.98. The fourth-order valence-corrected chi connectivity index (χ4v) is 7.14. The number of ether oxygens (including phenoxy) is 3. The number of carbonyl (C=O) groups excluding carboxylic acids is 4. The summed E-state index contributed by atoms with van der Waals surface area (Å²) in [5.74, 6) is -3.56. The van der Waals surface area contributed by atoms with Gasteiger partial charge >= 0.3 is 5.97 Å². The first-order valence-corrected chi connectivity index (χ1v) is 15.6. The lowest BCUT2D eigenvalue weighted by Crippen LogP contribution is -2.60. The van der Waals surface area contributed by atoms with Crippen LogP contribution in [0.25, 0.3) is 0 Å². The number of methoxy groups -OCH3 is 1. The zero-order valence-corrected chi connectivity index (χ0v) is 26.8. The number of aliphatic hydroxyl groups is 1. The van der Waals surface area contributed by atoms with Crippen molar-refractivity contribution >= 4 is 23.7 Å². The molecule has 2 bridgehead atoms. The molecule has 3 amide bonds. The van der Waals surface area contributed by atoms with E-state index in [4.69, 9.17) is 14.2 Å². The second-order valence-corrected chi connectivity index (χ2v) is 12.9. The van der Waals surface area contributed by atoms with Gasteiger partial charge < -0.3 is 34.4 Å². The molecule has 1 aromatic carbocycles. The second kappa shape index (κ2) is 14.3. The van der Waals surface area contributed by atoms with Crippen molar-refractivity contribution in [3.05, 3.63) is 61.2 Å². The third-order valence-electron chi connectivity index (χ3n) is 9.04. The molecule has 0 unspecified atom stereocenters. The molecule has 3 aliphatic rings. The number of hydrogen-bond acceptors (Lipinski definition) is 8. The van der Waals surface area contributed by atoms with E-state index in [1.165, 1.54) is 12.0 Å². The summed E-state index contributed by atoms with van der Waals surface area (Å²) in [6.45, 7) is 13.1. The van der Waals surface area contributed by atoms with Crippen LogP contribution in [0.4, 0.5) is 0 Å². The minimum absolute atomic E-state index is 0.0658. The minimum atomic E-state index is -1.24. The third-order valence-corrected chi connectivity index (χ3v) is 9.04. The number of benzene rings is 1. The number of esters is 1. The molecule has 2 N–H and O–H groups in total. The number of rotatable bonds is 15. The number of allylic oxidation sites excluding steroid dienone is 1. The van der Waals surface area contributed by atoms with Gasteiger partial charge in [0.25, 0.3) is 0 Å². The minimum Gasteiger partial charge on any atom is -0.455 e. The lowest BCUT2D eigenvalue weighted by Gasteiger charge is -2.41. The number of likely N-dealkylation sites (tertiary alicyclic amines) is 1. The van der Waals surface area contributed by atoms with Crippen LogP contribution < -0.4 is 5.32 Å². The number of β-amino-alcohol motifs (C(OH)–C–C–N with tert-alkyl or cyclic N) is 1. The molecular formula is C34H47N3O8. The maximum absolute atomic E-state index is 14.3. The highest BCUT2D eigenvalue weighted by Gasteiger charge is 2.75. The molecular weight excluding hydrogens is 578 g/mol. The van der Waals surface area contributed by atoms with Crippen molar-refractivity contribution in [3.63, 3.8) is 0 Å². The van der Waals surface area contributed by atoms with Crippen molar-refractivity contribution in [3.8, 4) is 0 Å². The molecule has 11 heteroatoms. The topological polar surface area (TPSA) is 135 Å². The third kappa shape index (κ3) is 6.71. The molecule has 1 spiro atoms. The summed E-state index contributed by atoms with van der Waals surface area (Å²) in [5.41, 5.74) is -1.18. The van der Waals surface area contributed by atoms with E-state index in [9.17, 15) is 24.3 Å². The Hall–Kier alpha value is -3.54. The van der Waals surface area contributed by atoms with Crippen LogP contribution in [-0.2, 0) is 33.4 Å². The molecule has 0 radical (unpaired) electrons. The summed E-state index contributed by atoms with van der Waals surface area (Å²) >= 11 is 0. The number of hydrogen-bond donors (Lipinski definition) is 2. The molecule has 3 heterocycles. The van der Waals surface area contributed by atoms with Crippen molar-refractivity contribution in [2.24, 2.45) is 11.8 Å². The Kier molecular flexibility index (Phi) is 10.9. The highest BCUT2D eigenvalue weighted by atomic mass is 16.6. The molecule has 11 nitrogen and oxygen atoms in total. The summed E-state index contributed by atoms with van der Waals surface area (Å²) in [4.78, 5) is 58.3. The van der Waals surface area contributed by atoms with E-state index >= 15 is 0 Å². The van der Waals surface area contributed by atoms with E-state index in [0.717, 1.165) is 0 Å². The van der Waals surface area contributed by atoms with Crippen molar-refractivity contribution in [2.45, 2.75) is 81.9 Å². The Morgan fingerprint density at radius 1 is 1.22 bits per heavy atom. The van der Waals surface area contributed by atoms with Gasteiger partial charge in [0.2, 0.25) is 17.7 Å². The monoisotopic (exact) mass is 625 g/mol. The predicted octanol–water partition coefficient (Wildman–Crippen LogP) is 2.55. The molecule has 3 fully saturated rings. The molecule has 1 aromatic rings. The fourth-order valence-electron chi connectivity index (χ4n) is 7.14. The van der Waals surface area contributed by atoms with Crippen LogP contribution >= 0.6 is 0 Å². The summed E-state index contributed by atoms with van der Waals surface area (Å²) in [5, 5.41) is 12.9. The molecule has 7 atom stereocenters. The zero-order valence-electron chi connectivity index (χ0n) is 26.8. The van der Waals surface area contributed by atoms with E-state index in [0.29, 0.717) is 24.8 Å². The Bertz CT molecular complexity index is 1260. The number of nitrogens with zero attached hydrogens (tertiary/aromatic N) is 2. The van der Waals surface area contributed by atoms with E-state index in [1.54, 1.807) is 29.2 Å². The first kappa shape index (κ1) is 34.3. The number of nitrogens with one attached hydrogen (secondary N) is 1. The predicted molar refractivity (Wildman–Crippen MR) is 167 cm³/mol. The van der Waals surface area contributed by atoms with Crippen molar-refractivity contribution in [1.29, 1.82) is 0 Å². The van der Waals surface area contributed by atoms with Crippen LogP contribution in [0.2, 0.25) is 0 Å². The van der Waals surface area contributed by atoms with Crippen molar-refractivity contribution < 1.29 is 38.5 Å². The lowest BCUT2D eigenvalue weighted by molar-refractivity contribution is -0.163. The number of amides is 3. The quantitative estimate of drug-likeness (QED) is 0.224. The zero-order chi connectivity index (χ0) is 32.9. The van der Waals surface area contributed by atoms with Gasteiger partial charge in [-0.2, -0.15) is 0 Å². The van der Waals surface area contributed by atoms with E-state index in [1.807, 2.05) is 39.0 Å². The molecule has 0 aliphatic carbocycles. The van der Waals surface area contributed by atoms with Gasteiger partial charge in [0.15, 0.2) is 0 Å². The number of fused-ring (bicyclic) bond motifs is 1. The molecule has 3 saturated heterocycles.